The predicted octanol–water partition coefficient (Wildman–Crippen LogP) is 8.03. The zero-order chi connectivity index (χ0) is 23.5. The normalized spacial score (nSPS) is 14.2. The fraction of sp³-hybridized carbons (Fsp3) is 1.00. The van der Waals surface area contributed by atoms with Crippen molar-refractivity contribution >= 4 is 49.0 Å². The zero-order valence-corrected chi connectivity index (χ0v) is 26.2. The van der Waals surface area contributed by atoms with Crippen molar-refractivity contribution in [3.63, 3.8) is 0 Å². The average Bonchev–Trinajstić information content (AvgIpc) is 2.72. The molecule has 0 rings (SSSR count). The molecular formula is C22H50Br2O4Si2. The largest absolute Gasteiger partial charge is 0.394 e. The van der Waals surface area contributed by atoms with Crippen LogP contribution in [-0.2, 0) is 17.7 Å². The first-order valence-electron chi connectivity index (χ1n) is 12.1. The van der Waals surface area contributed by atoms with Crippen LogP contribution in [0.5, 0.6) is 0 Å². The Kier molecular flexibility index (Phi) is 23.2. The highest BCUT2D eigenvalue weighted by atomic mass is 79.9. The van der Waals surface area contributed by atoms with E-state index in [1.54, 1.807) is 0 Å². The maximum absolute atomic E-state index is 6.11. The third-order valence-corrected chi connectivity index (χ3v) is 16.5. The summed E-state index contributed by atoms with van der Waals surface area (Å²) in [5.74, 6) is 0. The fourth-order valence-electron chi connectivity index (χ4n) is 3.11. The highest BCUT2D eigenvalue weighted by molar-refractivity contribution is 9.10. The smallest absolute Gasteiger partial charge is 0.351 e. The molecule has 2 unspecified atom stereocenters. The van der Waals surface area contributed by atoms with Crippen molar-refractivity contribution in [2.75, 3.05) is 26.4 Å². The summed E-state index contributed by atoms with van der Waals surface area (Å²) >= 11 is 7.34. The Bertz CT molecular complexity index is 347. The number of unbranched alkanes of at least 4 members (excludes halogenated alkanes) is 2. The average molecular weight is 595 g/mol. The van der Waals surface area contributed by atoms with Crippen LogP contribution in [0, 0.1) is 0 Å². The molecule has 0 fully saturated rings. The van der Waals surface area contributed by atoms with Gasteiger partial charge >= 0.3 is 17.1 Å². The van der Waals surface area contributed by atoms with Crippen molar-refractivity contribution in [1.82, 2.24) is 0 Å². The van der Waals surface area contributed by atoms with Crippen LogP contribution in [0.3, 0.4) is 0 Å². The van der Waals surface area contributed by atoms with Crippen LogP contribution < -0.4 is 0 Å². The molecule has 0 radical (unpaired) electrons. The standard InChI is InChI=1S/C12H27BrO2Si.C10H23BrO2Si/c1-5-8-11-16(12(4)13,14-9-6-2)15-10-7-3;1-5-8-9-14(10(4)11,12-6-2)13-7-3/h12H,5-11H2,1-4H3;10H,5-9H2,1-4H3. The maximum Gasteiger partial charge on any atom is 0.351 e. The second-order valence-corrected chi connectivity index (χ2v) is 19.2. The Hall–Kier alpha value is 1.23. The lowest BCUT2D eigenvalue weighted by Gasteiger charge is -2.33. The molecule has 0 aliphatic carbocycles. The van der Waals surface area contributed by atoms with E-state index in [9.17, 15) is 0 Å². The second kappa shape index (κ2) is 20.8. The van der Waals surface area contributed by atoms with Crippen molar-refractivity contribution in [1.29, 1.82) is 0 Å². The van der Waals surface area contributed by atoms with Gasteiger partial charge in [-0.05, 0) is 38.8 Å². The van der Waals surface area contributed by atoms with Crippen LogP contribution in [0.4, 0.5) is 0 Å². The van der Waals surface area contributed by atoms with Crippen LogP contribution in [0.25, 0.3) is 0 Å². The number of alkyl halides is 2. The van der Waals surface area contributed by atoms with E-state index in [0.717, 1.165) is 51.4 Å². The van der Waals surface area contributed by atoms with Crippen molar-refractivity contribution in [2.45, 2.75) is 115 Å². The van der Waals surface area contributed by atoms with Gasteiger partial charge in [0, 0.05) is 26.4 Å². The Balaban J connectivity index is 0. The van der Waals surface area contributed by atoms with Crippen molar-refractivity contribution in [3.8, 4) is 0 Å². The molecule has 0 spiro atoms. The Morgan fingerprint density at radius 3 is 1.13 bits per heavy atom. The van der Waals surface area contributed by atoms with E-state index in [0.29, 0.717) is 8.90 Å². The van der Waals surface area contributed by atoms with Crippen LogP contribution >= 0.6 is 31.9 Å². The SMILES string of the molecule is CCCC[Si](OCC)(OCC)C(C)Br.CCCC[Si](OCCC)(OCCC)C(C)Br. The molecular weight excluding hydrogens is 544 g/mol. The van der Waals surface area contributed by atoms with Gasteiger partial charge in [0.05, 0.1) is 8.90 Å². The van der Waals surface area contributed by atoms with Crippen molar-refractivity contribution in [3.05, 3.63) is 0 Å². The second-order valence-electron chi connectivity index (χ2n) is 7.63. The molecule has 0 aromatic heterocycles. The number of hydrogen-bond acceptors (Lipinski definition) is 4. The van der Waals surface area contributed by atoms with Crippen molar-refractivity contribution < 1.29 is 17.7 Å². The first-order chi connectivity index (χ1) is 14.3. The third-order valence-electron chi connectivity index (χ3n) is 4.85. The summed E-state index contributed by atoms with van der Waals surface area (Å²) in [4.78, 5) is 0. The van der Waals surface area contributed by atoms with E-state index in [2.05, 4.69) is 73.4 Å². The predicted molar refractivity (Wildman–Crippen MR) is 143 cm³/mol. The van der Waals surface area contributed by atoms with Gasteiger partial charge in [0.2, 0.25) is 0 Å². The van der Waals surface area contributed by atoms with Gasteiger partial charge in [-0.2, -0.15) is 0 Å². The molecule has 0 heterocycles. The number of hydrogen-bond donors (Lipinski definition) is 0. The summed E-state index contributed by atoms with van der Waals surface area (Å²) in [5.41, 5.74) is 0. The lowest BCUT2D eigenvalue weighted by molar-refractivity contribution is 0.166. The molecule has 0 saturated carbocycles. The fourth-order valence-corrected chi connectivity index (χ4v) is 12.3. The Morgan fingerprint density at radius 1 is 0.567 bits per heavy atom. The molecule has 0 aliphatic heterocycles. The summed E-state index contributed by atoms with van der Waals surface area (Å²) in [7, 11) is -4.00. The summed E-state index contributed by atoms with van der Waals surface area (Å²) in [6.45, 7) is 20.3. The van der Waals surface area contributed by atoms with Crippen LogP contribution in [0.15, 0.2) is 0 Å². The molecule has 0 aromatic rings. The molecule has 2 atom stereocenters. The zero-order valence-electron chi connectivity index (χ0n) is 21.0. The molecule has 0 aliphatic rings. The molecule has 8 heteroatoms. The van der Waals surface area contributed by atoms with Gasteiger partial charge in [-0.15, -0.1) is 0 Å². The molecule has 0 amide bonds. The minimum Gasteiger partial charge on any atom is -0.394 e. The van der Waals surface area contributed by atoms with E-state index < -0.39 is 17.1 Å². The van der Waals surface area contributed by atoms with E-state index in [4.69, 9.17) is 17.7 Å². The summed E-state index contributed by atoms with van der Waals surface area (Å²) in [6, 6.07) is 2.20. The quantitative estimate of drug-likeness (QED) is 0.119. The van der Waals surface area contributed by atoms with Gasteiger partial charge in [-0.1, -0.05) is 99.1 Å². The Morgan fingerprint density at radius 2 is 0.900 bits per heavy atom. The molecule has 0 N–H and O–H groups in total. The lowest BCUT2D eigenvalue weighted by atomic mass is 10.4. The molecule has 0 bridgehead atoms. The lowest BCUT2D eigenvalue weighted by Crippen LogP contribution is -2.50. The van der Waals surface area contributed by atoms with E-state index in [1.165, 1.54) is 25.7 Å². The molecule has 184 valence electrons. The van der Waals surface area contributed by atoms with E-state index in [1.807, 2.05) is 13.8 Å². The number of halogens is 2. The molecule has 30 heavy (non-hydrogen) atoms. The highest BCUT2D eigenvalue weighted by Gasteiger charge is 2.42. The molecule has 0 aromatic carbocycles. The third kappa shape index (κ3) is 13.7. The van der Waals surface area contributed by atoms with Gasteiger partial charge < -0.3 is 17.7 Å². The van der Waals surface area contributed by atoms with E-state index in [-0.39, 0.29) is 0 Å². The van der Waals surface area contributed by atoms with Crippen LogP contribution in [0.1, 0.15) is 93.9 Å². The topological polar surface area (TPSA) is 36.9 Å². The molecule has 0 saturated heterocycles. The first-order valence-corrected chi connectivity index (χ1v) is 18.1. The molecule has 4 nitrogen and oxygen atoms in total. The Labute approximate surface area is 207 Å². The van der Waals surface area contributed by atoms with Crippen molar-refractivity contribution in [2.24, 2.45) is 0 Å². The summed E-state index contributed by atoms with van der Waals surface area (Å²) in [6.07, 6.45) is 6.94. The monoisotopic (exact) mass is 592 g/mol. The summed E-state index contributed by atoms with van der Waals surface area (Å²) < 4.78 is 24.8. The van der Waals surface area contributed by atoms with Gasteiger partial charge in [0.25, 0.3) is 0 Å². The minimum absolute atomic E-state index is 0.362. The first kappa shape index (κ1) is 33.4. The summed E-state index contributed by atoms with van der Waals surface area (Å²) in [5, 5.41) is 0. The van der Waals surface area contributed by atoms with E-state index >= 15 is 0 Å². The maximum atomic E-state index is 6.11. The highest BCUT2D eigenvalue weighted by Crippen LogP contribution is 2.27. The van der Waals surface area contributed by atoms with Gasteiger partial charge in [0.15, 0.2) is 0 Å². The van der Waals surface area contributed by atoms with Crippen LogP contribution in [0.2, 0.25) is 12.1 Å². The van der Waals surface area contributed by atoms with Gasteiger partial charge in [-0.3, -0.25) is 0 Å². The van der Waals surface area contributed by atoms with Crippen LogP contribution in [-0.4, -0.2) is 52.5 Å². The van der Waals surface area contributed by atoms with Gasteiger partial charge in [0.1, 0.15) is 0 Å². The minimum atomic E-state index is -2.02. The number of rotatable bonds is 18. The van der Waals surface area contributed by atoms with Gasteiger partial charge in [-0.25, -0.2) is 0 Å².